The standard InChI is InChI=1S/C81H91N7O21.2ClH/c1-46-60(42-81(101)69(108-74(97)55-28-18-11-19-29-55)67-79(7,61(91)41-62-80(67,45-104-62)109-49(4)90)68(92)65(105-48(3)89)63(46)78(81,5)6)106-75(98)66(64(53-24-14-9-15-25-53)88-71(94)54-26-16-10-17-27-54)107-77(100)103-44-52-33-37-57(38-34-52)85-76(99)102-43-51-31-35-56(36-32-51)84-72(95)58(30-20-21-39-82)86-73(96)59(87-70(93)47(2)83)40-50-22-12-8-13-23-50;;/h8-19,22-29,31-38,47,58-62,64-67,69,91,101H,20-21,30,39-45,82-83H2,1-7H3,(H,84,95)(H,85,99)(H,86,96)(H,87,93)(H,88,94);2*1H/t47-,58+,59+,60+,61+,62-,64+,65-,66-,67+,69+,79-,80+,81-;;/m1../s1. The SMILES string of the molecule is CC(=O)O[C@H]1C(=O)[C@@]2(C)[C@H]([C@H](OC(=O)c3ccccc3)[C@]3(O)C[C@H](OC(=O)[C@H](OC(=O)OCc4ccc(NC(=O)OCc5ccc(NC(=O)[C@H](CCCC[NH3+])NC(=O)[C@H](Cc6ccccc6)NC(=O)[C@@H](C)[NH3+])cc5)cc4)[C@@H](NC(=O)c4ccccc4)c4ccccc4)C(C)=C1C3(C)C)[C@]1(OC(C)=O)CO[C@@H]1C[C@@H]2O.[Cl-].[Cl-]. The molecule has 0 aromatic heterocycles. The lowest BCUT2D eigenvalue weighted by Crippen LogP contribution is -3.00. The van der Waals surface area contributed by atoms with Crippen LogP contribution in [0, 0.1) is 16.7 Å². The molecule has 10 rings (SSSR count). The third-order valence-electron chi connectivity index (χ3n) is 20.8. The van der Waals surface area contributed by atoms with Crippen LogP contribution in [0.15, 0.2) is 181 Å². The lowest BCUT2D eigenvalue weighted by Gasteiger charge is -2.67. The molecule has 592 valence electrons. The lowest BCUT2D eigenvalue weighted by atomic mass is 9.44. The van der Waals surface area contributed by atoms with Crippen LogP contribution in [0.25, 0.3) is 0 Å². The Bertz CT molecular complexity index is 4350. The summed E-state index contributed by atoms with van der Waals surface area (Å²) < 4.78 is 48.2. The predicted octanol–water partition coefficient (Wildman–Crippen LogP) is 0.0469. The van der Waals surface area contributed by atoms with Gasteiger partial charge in [-0.15, -0.1) is 0 Å². The zero-order valence-corrected chi connectivity index (χ0v) is 63.9. The van der Waals surface area contributed by atoms with Crippen molar-refractivity contribution in [3.63, 3.8) is 0 Å². The van der Waals surface area contributed by atoms with E-state index in [4.69, 9.17) is 37.9 Å². The molecule has 0 radical (unpaired) electrons. The van der Waals surface area contributed by atoms with Crippen LogP contribution in [0.5, 0.6) is 0 Å². The number of amides is 5. The number of anilines is 2. The van der Waals surface area contributed by atoms with E-state index >= 15 is 9.59 Å². The Balaban J connectivity index is 0.00000774. The van der Waals surface area contributed by atoms with Crippen LogP contribution < -0.4 is 62.9 Å². The van der Waals surface area contributed by atoms with Crippen LogP contribution in [0.2, 0.25) is 0 Å². The first-order valence-electron chi connectivity index (χ1n) is 36.0. The second-order valence-corrected chi connectivity index (χ2v) is 28.6. The van der Waals surface area contributed by atoms with Crippen molar-refractivity contribution in [2.24, 2.45) is 16.7 Å². The van der Waals surface area contributed by atoms with Gasteiger partial charge in [0.05, 0.1) is 36.2 Å². The van der Waals surface area contributed by atoms with Crippen molar-refractivity contribution in [1.29, 1.82) is 0 Å². The van der Waals surface area contributed by atoms with Crippen LogP contribution in [-0.4, -0.2) is 155 Å². The maximum atomic E-state index is 16.0. The zero-order chi connectivity index (χ0) is 78.5. The second kappa shape index (κ2) is 37.4. The molecule has 0 unspecified atom stereocenters. The molecule has 28 nitrogen and oxygen atoms in total. The summed E-state index contributed by atoms with van der Waals surface area (Å²) >= 11 is 0. The minimum atomic E-state index is -2.56. The van der Waals surface area contributed by atoms with Crippen LogP contribution >= 0.6 is 0 Å². The van der Waals surface area contributed by atoms with Crippen molar-refractivity contribution in [2.75, 3.05) is 23.8 Å². The molecule has 30 heteroatoms. The molecule has 6 aromatic carbocycles. The fourth-order valence-electron chi connectivity index (χ4n) is 14.9. The van der Waals surface area contributed by atoms with Gasteiger partial charge < -0.3 is 106 Å². The molecule has 14 atom stereocenters. The number of fused-ring (bicyclic) bond motifs is 5. The summed E-state index contributed by atoms with van der Waals surface area (Å²) in [6.07, 6.45) is -12.0. The van der Waals surface area contributed by atoms with Gasteiger partial charge in [0.1, 0.15) is 55.3 Å². The van der Waals surface area contributed by atoms with Crippen LogP contribution in [-0.2, 0) is 91.1 Å². The summed E-state index contributed by atoms with van der Waals surface area (Å²) in [4.78, 5) is 155. The topological polar surface area (TPSA) is 417 Å². The smallest absolute Gasteiger partial charge is 0.509 e. The van der Waals surface area contributed by atoms with Gasteiger partial charge in [0.2, 0.25) is 17.9 Å². The molecule has 1 heterocycles. The zero-order valence-electron chi connectivity index (χ0n) is 62.4. The van der Waals surface area contributed by atoms with E-state index in [9.17, 15) is 53.4 Å². The van der Waals surface area contributed by atoms with E-state index in [1.807, 2.05) is 30.3 Å². The summed E-state index contributed by atoms with van der Waals surface area (Å²) in [5.74, 6) is -8.93. The van der Waals surface area contributed by atoms with Crippen molar-refractivity contribution in [2.45, 2.75) is 172 Å². The molecule has 6 aromatic rings. The number of unbranched alkanes of at least 4 members (excludes halogenated alkanes) is 1. The van der Waals surface area contributed by atoms with E-state index in [2.05, 4.69) is 38.1 Å². The predicted molar refractivity (Wildman–Crippen MR) is 390 cm³/mol. The molecular formula is C81H93Cl2N7O21. The number of benzene rings is 6. The Hall–Kier alpha value is -10.6. The van der Waals surface area contributed by atoms with Gasteiger partial charge in [-0.25, -0.2) is 19.2 Å². The molecule has 1 aliphatic heterocycles. The van der Waals surface area contributed by atoms with E-state index in [1.165, 1.54) is 76.2 Å². The maximum Gasteiger partial charge on any atom is 0.509 e. The van der Waals surface area contributed by atoms with E-state index in [0.717, 1.165) is 19.4 Å². The molecule has 0 spiro atoms. The molecule has 13 N–H and O–H groups in total. The van der Waals surface area contributed by atoms with E-state index < -0.39 is 174 Å². The molecular weight excluding hydrogens is 1480 g/mol. The van der Waals surface area contributed by atoms with Gasteiger partial charge >= 0.3 is 36.1 Å². The Morgan fingerprint density at radius 1 is 0.640 bits per heavy atom. The van der Waals surface area contributed by atoms with Crippen molar-refractivity contribution in [3.8, 4) is 0 Å². The Morgan fingerprint density at radius 2 is 1.20 bits per heavy atom. The van der Waals surface area contributed by atoms with Crippen molar-refractivity contribution < 1.29 is 137 Å². The van der Waals surface area contributed by atoms with Gasteiger partial charge in [0.25, 0.3) is 11.8 Å². The fraction of sp³-hybridized carbons (Fsp3) is 0.395. The summed E-state index contributed by atoms with van der Waals surface area (Å²) in [5, 5.41) is 40.4. The summed E-state index contributed by atoms with van der Waals surface area (Å²) in [7, 11) is 0. The number of aliphatic hydroxyl groups excluding tert-OH is 1. The number of esters is 4. The fourth-order valence-corrected chi connectivity index (χ4v) is 14.9. The van der Waals surface area contributed by atoms with Crippen molar-refractivity contribution >= 4 is 76.9 Å². The van der Waals surface area contributed by atoms with Crippen LogP contribution in [0.1, 0.15) is 130 Å². The van der Waals surface area contributed by atoms with Gasteiger partial charge in [0, 0.05) is 55.5 Å². The average Bonchev–Trinajstić information content (AvgIpc) is 0.668. The minimum Gasteiger partial charge on any atom is -1.00 e. The third-order valence-corrected chi connectivity index (χ3v) is 20.8. The number of hydrogen-bond acceptors (Lipinski definition) is 21. The highest BCUT2D eigenvalue weighted by Gasteiger charge is 2.78. The van der Waals surface area contributed by atoms with Gasteiger partial charge in [-0.3, -0.25) is 38.9 Å². The van der Waals surface area contributed by atoms with Crippen LogP contribution in [0.3, 0.4) is 0 Å². The number of aliphatic hydroxyl groups is 2. The molecule has 3 fully saturated rings. The maximum absolute atomic E-state index is 16.0. The normalized spacial score (nSPS) is 23.2. The summed E-state index contributed by atoms with van der Waals surface area (Å²) in [6, 6.07) is 41.2. The number of quaternary nitrogens is 2. The molecule has 3 aliphatic carbocycles. The monoisotopic (exact) mass is 1570 g/mol. The largest absolute Gasteiger partial charge is 1.00 e. The highest BCUT2D eigenvalue weighted by molar-refractivity contribution is 5.99. The molecule has 111 heavy (non-hydrogen) atoms. The van der Waals surface area contributed by atoms with Gasteiger partial charge in [-0.1, -0.05) is 135 Å². The lowest BCUT2D eigenvalue weighted by molar-refractivity contribution is -0.398. The highest BCUT2D eigenvalue weighted by Crippen LogP contribution is 2.64. The van der Waals surface area contributed by atoms with Crippen LogP contribution in [0.4, 0.5) is 21.0 Å². The number of hydrogen-bond donors (Lipinski definition) is 9. The van der Waals surface area contributed by atoms with E-state index in [0.29, 0.717) is 42.6 Å². The van der Waals surface area contributed by atoms with Gasteiger partial charge in [-0.2, -0.15) is 0 Å². The number of carbonyl (C=O) groups excluding carboxylic acids is 11. The average molecular weight is 1570 g/mol. The number of nitrogens with one attached hydrogen (secondary N) is 5. The first-order valence-corrected chi connectivity index (χ1v) is 36.0. The first kappa shape index (κ1) is 86.0. The molecule has 5 amide bonds. The number of Topliss-reactive ketones (excluding diaryl/α,β-unsaturated/α-hetero) is 1. The Labute approximate surface area is 653 Å². The van der Waals surface area contributed by atoms with E-state index in [1.54, 1.807) is 97.9 Å². The molecule has 4 aliphatic rings. The summed E-state index contributed by atoms with van der Waals surface area (Å²) in [6.45, 7) is 9.23. The number of ether oxygens (including phenoxy) is 8. The van der Waals surface area contributed by atoms with Crippen molar-refractivity contribution in [3.05, 3.63) is 214 Å². The number of rotatable bonds is 28. The molecule has 2 saturated carbocycles. The van der Waals surface area contributed by atoms with Gasteiger partial charge in [0.15, 0.2) is 23.5 Å². The minimum absolute atomic E-state index is 0. The van der Waals surface area contributed by atoms with Gasteiger partial charge in [-0.05, 0) is 122 Å². The number of ketones is 1. The molecule has 1 saturated heterocycles. The Morgan fingerprint density at radius 3 is 1.76 bits per heavy atom. The number of halogens is 2. The quantitative estimate of drug-likeness (QED) is 0.0136. The highest BCUT2D eigenvalue weighted by atomic mass is 35.5. The third kappa shape index (κ3) is 19.6. The Kier molecular flexibility index (Phi) is 29.0. The van der Waals surface area contributed by atoms with E-state index in [-0.39, 0.29) is 77.8 Å². The second-order valence-electron chi connectivity index (χ2n) is 28.6. The first-order chi connectivity index (χ1) is 52.0. The molecule has 2 bridgehead atoms. The number of carbonyl (C=O) groups is 11. The van der Waals surface area contributed by atoms with Crippen molar-refractivity contribution in [1.82, 2.24) is 16.0 Å². The summed E-state index contributed by atoms with van der Waals surface area (Å²) in [5.41, 5.74) is 1.96.